The SMILES string of the molecule is COC(=O)C(=O)[C@@H]1CC[C@@H]2c3ccccc3C[C@H](N3C(=O)c4ccccc4C3=O)C(=O)N21. The highest BCUT2D eigenvalue weighted by Crippen LogP contribution is 2.42. The third-order valence-corrected chi connectivity index (χ3v) is 6.58. The Hall–Kier alpha value is -3.81. The molecule has 3 aliphatic rings. The molecule has 2 aromatic carbocycles. The summed E-state index contributed by atoms with van der Waals surface area (Å²) in [5, 5.41) is 0. The summed E-state index contributed by atoms with van der Waals surface area (Å²) in [6, 6.07) is 11.4. The van der Waals surface area contributed by atoms with Crippen molar-refractivity contribution < 1.29 is 28.7 Å². The number of ether oxygens (including phenoxy) is 1. The largest absolute Gasteiger partial charge is 0.463 e. The van der Waals surface area contributed by atoms with Gasteiger partial charge in [-0.1, -0.05) is 36.4 Å². The molecule has 3 aliphatic heterocycles. The minimum absolute atomic E-state index is 0.145. The highest BCUT2D eigenvalue weighted by atomic mass is 16.5. The maximum absolute atomic E-state index is 13.8. The van der Waals surface area contributed by atoms with Gasteiger partial charge in [-0.05, 0) is 36.1 Å². The summed E-state index contributed by atoms with van der Waals surface area (Å²) >= 11 is 0. The van der Waals surface area contributed by atoms with Gasteiger partial charge in [-0.25, -0.2) is 4.79 Å². The predicted molar refractivity (Wildman–Crippen MR) is 111 cm³/mol. The molecule has 8 nitrogen and oxygen atoms in total. The summed E-state index contributed by atoms with van der Waals surface area (Å²) in [5.74, 6) is -3.40. The van der Waals surface area contributed by atoms with Gasteiger partial charge in [-0.2, -0.15) is 0 Å². The standard InChI is InChI=1S/C24H20N2O6/c1-32-24(31)20(27)18-11-10-17-14-7-3-2-6-13(14)12-19(23(30)25(17)18)26-21(28)15-8-4-5-9-16(15)22(26)29/h2-9,17-19H,10-12H2,1H3/t17-,18+,19+/m1/s1. The first-order chi connectivity index (χ1) is 15.4. The number of ketones is 1. The summed E-state index contributed by atoms with van der Waals surface area (Å²) in [7, 11) is 1.12. The lowest BCUT2D eigenvalue weighted by Crippen LogP contribution is -2.54. The van der Waals surface area contributed by atoms with Gasteiger partial charge >= 0.3 is 5.97 Å². The topological polar surface area (TPSA) is 101 Å². The molecule has 1 fully saturated rings. The molecule has 0 saturated carbocycles. The van der Waals surface area contributed by atoms with E-state index in [9.17, 15) is 24.0 Å². The zero-order valence-electron chi connectivity index (χ0n) is 17.3. The number of rotatable bonds is 3. The van der Waals surface area contributed by atoms with Gasteiger partial charge in [0.25, 0.3) is 17.6 Å². The van der Waals surface area contributed by atoms with Crippen molar-refractivity contribution in [3.8, 4) is 0 Å². The Kier molecular flexibility index (Phi) is 4.65. The van der Waals surface area contributed by atoms with Gasteiger partial charge in [0.05, 0.1) is 24.3 Å². The fourth-order valence-electron chi connectivity index (χ4n) is 5.12. The van der Waals surface area contributed by atoms with Gasteiger partial charge in [0.1, 0.15) is 12.1 Å². The van der Waals surface area contributed by atoms with Gasteiger partial charge in [0, 0.05) is 6.42 Å². The summed E-state index contributed by atoms with van der Waals surface area (Å²) in [6.07, 6.45) is 0.936. The van der Waals surface area contributed by atoms with Crippen LogP contribution < -0.4 is 0 Å². The molecule has 2 aromatic rings. The third kappa shape index (κ3) is 2.79. The average Bonchev–Trinajstić information content (AvgIpc) is 3.33. The smallest absolute Gasteiger partial charge is 0.376 e. The van der Waals surface area contributed by atoms with Crippen LogP contribution in [0.15, 0.2) is 48.5 Å². The van der Waals surface area contributed by atoms with E-state index in [0.29, 0.717) is 12.8 Å². The minimum atomic E-state index is -1.11. The van der Waals surface area contributed by atoms with Crippen LogP contribution >= 0.6 is 0 Å². The Bertz CT molecular complexity index is 1150. The molecule has 0 aliphatic carbocycles. The fraction of sp³-hybridized carbons (Fsp3) is 0.292. The molecule has 3 amide bonds. The second-order valence-corrected chi connectivity index (χ2v) is 8.15. The Balaban J connectivity index is 1.60. The molecule has 8 heteroatoms. The highest BCUT2D eigenvalue weighted by molar-refractivity contribution is 6.36. The zero-order chi connectivity index (χ0) is 22.6. The monoisotopic (exact) mass is 432 g/mol. The van der Waals surface area contributed by atoms with Crippen LogP contribution in [0.5, 0.6) is 0 Å². The van der Waals surface area contributed by atoms with Crippen molar-refractivity contribution in [3.05, 3.63) is 70.8 Å². The molecule has 1 saturated heterocycles. The van der Waals surface area contributed by atoms with Crippen LogP contribution in [0.1, 0.15) is 50.7 Å². The predicted octanol–water partition coefficient (Wildman–Crippen LogP) is 1.68. The Morgan fingerprint density at radius 3 is 2.16 bits per heavy atom. The summed E-state index contributed by atoms with van der Waals surface area (Å²) in [6.45, 7) is 0. The zero-order valence-corrected chi connectivity index (χ0v) is 17.3. The maximum atomic E-state index is 13.8. The number of amides is 3. The molecule has 0 N–H and O–H groups in total. The Morgan fingerprint density at radius 2 is 1.50 bits per heavy atom. The number of hydrogen-bond donors (Lipinski definition) is 0. The number of hydrogen-bond acceptors (Lipinski definition) is 6. The van der Waals surface area contributed by atoms with Gasteiger partial charge in [0.15, 0.2) is 0 Å². The van der Waals surface area contributed by atoms with Crippen molar-refractivity contribution in [2.75, 3.05) is 7.11 Å². The molecule has 0 radical (unpaired) electrons. The number of imide groups is 1. The number of methoxy groups -OCH3 is 1. The van der Waals surface area contributed by atoms with E-state index in [1.165, 1.54) is 4.90 Å². The van der Waals surface area contributed by atoms with Crippen LogP contribution in [-0.2, 0) is 25.5 Å². The normalized spacial score (nSPS) is 24.0. The molecule has 32 heavy (non-hydrogen) atoms. The third-order valence-electron chi connectivity index (χ3n) is 6.58. The molecular formula is C24H20N2O6. The van der Waals surface area contributed by atoms with E-state index in [1.807, 2.05) is 24.3 Å². The van der Waals surface area contributed by atoms with E-state index >= 15 is 0 Å². The molecule has 0 unspecified atom stereocenters. The number of fused-ring (bicyclic) bond motifs is 4. The quantitative estimate of drug-likeness (QED) is 0.416. The van der Waals surface area contributed by atoms with Crippen molar-refractivity contribution in [3.63, 3.8) is 0 Å². The number of esters is 1. The van der Waals surface area contributed by atoms with Crippen molar-refractivity contribution in [1.82, 2.24) is 9.80 Å². The van der Waals surface area contributed by atoms with Gasteiger partial charge in [-0.3, -0.25) is 24.1 Å². The molecular weight excluding hydrogens is 412 g/mol. The fourth-order valence-corrected chi connectivity index (χ4v) is 5.12. The molecule has 5 rings (SSSR count). The maximum Gasteiger partial charge on any atom is 0.376 e. The summed E-state index contributed by atoms with van der Waals surface area (Å²) in [5.41, 5.74) is 2.20. The molecule has 0 spiro atoms. The summed E-state index contributed by atoms with van der Waals surface area (Å²) in [4.78, 5) is 67.2. The number of carbonyl (C=O) groups excluding carboxylic acids is 5. The minimum Gasteiger partial charge on any atom is -0.463 e. The van der Waals surface area contributed by atoms with Gasteiger partial charge < -0.3 is 9.64 Å². The molecule has 162 valence electrons. The first-order valence-corrected chi connectivity index (χ1v) is 10.4. The number of benzene rings is 2. The van der Waals surface area contributed by atoms with E-state index in [4.69, 9.17) is 0 Å². The summed E-state index contributed by atoms with van der Waals surface area (Å²) < 4.78 is 4.60. The van der Waals surface area contributed by atoms with Crippen LogP contribution in [0, 0.1) is 0 Å². The Labute approximate surface area is 183 Å². The van der Waals surface area contributed by atoms with Crippen LogP contribution in [0.4, 0.5) is 0 Å². The van der Waals surface area contributed by atoms with Crippen molar-refractivity contribution >= 4 is 29.5 Å². The van der Waals surface area contributed by atoms with Crippen molar-refractivity contribution in [2.45, 2.75) is 37.4 Å². The van der Waals surface area contributed by atoms with Crippen LogP contribution in [-0.4, -0.2) is 58.5 Å². The second kappa shape index (κ2) is 7.40. The number of carbonyl (C=O) groups is 5. The molecule has 0 aromatic heterocycles. The second-order valence-electron chi connectivity index (χ2n) is 8.15. The molecule has 3 atom stereocenters. The van der Waals surface area contributed by atoms with E-state index in [-0.39, 0.29) is 17.5 Å². The van der Waals surface area contributed by atoms with Crippen molar-refractivity contribution in [2.24, 2.45) is 0 Å². The van der Waals surface area contributed by atoms with E-state index in [0.717, 1.165) is 23.1 Å². The lowest BCUT2D eigenvalue weighted by molar-refractivity contribution is -0.156. The molecule has 0 bridgehead atoms. The average molecular weight is 432 g/mol. The van der Waals surface area contributed by atoms with E-state index in [2.05, 4.69) is 4.74 Å². The van der Waals surface area contributed by atoms with Gasteiger partial charge in [-0.15, -0.1) is 0 Å². The van der Waals surface area contributed by atoms with Crippen LogP contribution in [0.25, 0.3) is 0 Å². The number of nitrogens with zero attached hydrogens (tertiary/aromatic N) is 2. The van der Waals surface area contributed by atoms with Crippen molar-refractivity contribution in [1.29, 1.82) is 0 Å². The lowest BCUT2D eigenvalue weighted by atomic mass is 9.96. The number of Topliss-reactive ketones (excluding diaryl/α,β-unsaturated/α-hetero) is 1. The molecule has 3 heterocycles. The van der Waals surface area contributed by atoms with Crippen LogP contribution in [0.3, 0.4) is 0 Å². The van der Waals surface area contributed by atoms with E-state index < -0.39 is 47.6 Å². The Morgan fingerprint density at radius 1 is 0.875 bits per heavy atom. The van der Waals surface area contributed by atoms with E-state index in [1.54, 1.807) is 24.3 Å². The lowest BCUT2D eigenvalue weighted by Gasteiger charge is -2.32. The van der Waals surface area contributed by atoms with Gasteiger partial charge in [0.2, 0.25) is 5.91 Å². The first kappa shape index (κ1) is 20.1. The highest BCUT2D eigenvalue weighted by Gasteiger charge is 2.52. The first-order valence-electron chi connectivity index (χ1n) is 10.4. The van der Waals surface area contributed by atoms with Crippen LogP contribution in [0.2, 0.25) is 0 Å².